The average Bonchev–Trinajstić information content (AvgIpc) is 2.48. The van der Waals surface area contributed by atoms with Crippen LogP contribution in [0.5, 0.6) is 5.75 Å². The molecule has 0 saturated carbocycles. The number of hydrogen-bond donors (Lipinski definition) is 1. The Morgan fingerprint density at radius 3 is 2.48 bits per heavy atom. The van der Waals surface area contributed by atoms with Gasteiger partial charge in [0.1, 0.15) is 5.75 Å². The summed E-state index contributed by atoms with van der Waals surface area (Å²) in [5.74, 6) is 0.130. The molecular weight excluding hydrogens is 268 g/mol. The smallest absolute Gasteiger partial charge is 0.317 e. The maximum atomic E-state index is 10.7. The van der Waals surface area contributed by atoms with Crippen LogP contribution in [0.1, 0.15) is 18.4 Å². The highest BCUT2D eigenvalue weighted by Gasteiger charge is 2.23. The number of nitrogens with zero attached hydrogens (tertiary/aromatic N) is 2. The summed E-state index contributed by atoms with van der Waals surface area (Å²) in [6.45, 7) is 3.10. The van der Waals surface area contributed by atoms with E-state index >= 15 is 0 Å². The van der Waals surface area contributed by atoms with Crippen LogP contribution in [-0.4, -0.2) is 60.7 Å². The largest absolute Gasteiger partial charge is 0.497 e. The molecule has 1 aromatic carbocycles. The number of piperidine rings is 1. The Kier molecular flexibility index (Phi) is 5.59. The zero-order chi connectivity index (χ0) is 15.2. The molecule has 0 atom stereocenters. The van der Waals surface area contributed by atoms with E-state index in [9.17, 15) is 4.79 Å². The third-order valence-corrected chi connectivity index (χ3v) is 4.13. The monoisotopic (exact) mass is 292 g/mol. The molecule has 2 rings (SSSR count). The van der Waals surface area contributed by atoms with Gasteiger partial charge in [-0.05, 0) is 50.7 Å². The number of aliphatic carboxylic acids is 1. The third-order valence-electron chi connectivity index (χ3n) is 4.13. The van der Waals surface area contributed by atoms with Gasteiger partial charge in [-0.3, -0.25) is 14.6 Å². The number of ether oxygens (including phenoxy) is 1. The van der Waals surface area contributed by atoms with Gasteiger partial charge in [0.05, 0.1) is 13.7 Å². The lowest BCUT2D eigenvalue weighted by molar-refractivity contribution is -0.138. The molecule has 1 aliphatic heterocycles. The number of benzene rings is 1. The fraction of sp³-hybridized carbons (Fsp3) is 0.562. The second-order valence-corrected chi connectivity index (χ2v) is 5.66. The molecule has 1 N–H and O–H groups in total. The van der Waals surface area contributed by atoms with E-state index in [1.165, 1.54) is 5.56 Å². The first kappa shape index (κ1) is 15.8. The van der Waals surface area contributed by atoms with Gasteiger partial charge in [-0.25, -0.2) is 0 Å². The first-order valence-electron chi connectivity index (χ1n) is 7.36. The molecule has 1 aromatic rings. The van der Waals surface area contributed by atoms with Gasteiger partial charge < -0.3 is 9.84 Å². The number of methoxy groups -OCH3 is 1. The number of hydrogen-bond acceptors (Lipinski definition) is 4. The Hall–Kier alpha value is -1.59. The average molecular weight is 292 g/mol. The van der Waals surface area contributed by atoms with Crippen LogP contribution in [0.3, 0.4) is 0 Å². The van der Waals surface area contributed by atoms with Gasteiger partial charge in [-0.1, -0.05) is 12.1 Å². The van der Waals surface area contributed by atoms with Crippen molar-refractivity contribution >= 4 is 5.97 Å². The van der Waals surface area contributed by atoms with Gasteiger partial charge in [0, 0.05) is 12.6 Å². The lowest BCUT2D eigenvalue weighted by atomic mass is 10.0. The Morgan fingerprint density at radius 1 is 1.33 bits per heavy atom. The Labute approximate surface area is 126 Å². The molecule has 1 saturated heterocycles. The zero-order valence-electron chi connectivity index (χ0n) is 12.8. The number of likely N-dealkylation sites (tertiary alicyclic amines) is 1. The number of carboxylic acids is 1. The summed E-state index contributed by atoms with van der Waals surface area (Å²) < 4.78 is 5.16. The van der Waals surface area contributed by atoms with Gasteiger partial charge in [-0.2, -0.15) is 0 Å². The maximum absolute atomic E-state index is 10.7. The standard InChI is InChI=1S/C16H24N2O3/c1-17(12-16(19)20)14-7-9-18(10-8-14)11-13-3-5-15(21-2)6-4-13/h3-6,14H,7-12H2,1-2H3,(H,19,20). The Balaban J connectivity index is 1.79. The summed E-state index contributed by atoms with van der Waals surface area (Å²) in [6, 6.07) is 8.56. The number of carbonyl (C=O) groups is 1. The highest BCUT2D eigenvalue weighted by atomic mass is 16.5. The molecule has 0 aliphatic carbocycles. The fourth-order valence-corrected chi connectivity index (χ4v) is 2.85. The van der Waals surface area contributed by atoms with Crippen molar-refractivity contribution in [1.29, 1.82) is 0 Å². The Bertz CT molecular complexity index is 453. The molecule has 0 unspecified atom stereocenters. The molecule has 116 valence electrons. The van der Waals surface area contributed by atoms with E-state index in [1.54, 1.807) is 7.11 Å². The topological polar surface area (TPSA) is 53.0 Å². The molecule has 1 aliphatic rings. The van der Waals surface area contributed by atoms with Crippen molar-refractivity contribution in [2.75, 3.05) is 33.8 Å². The van der Waals surface area contributed by atoms with Gasteiger partial charge in [-0.15, -0.1) is 0 Å². The second kappa shape index (κ2) is 7.43. The van der Waals surface area contributed by atoms with Crippen LogP contribution in [-0.2, 0) is 11.3 Å². The summed E-state index contributed by atoms with van der Waals surface area (Å²) in [6.07, 6.45) is 2.06. The van der Waals surface area contributed by atoms with Crippen LogP contribution < -0.4 is 4.74 Å². The molecule has 5 heteroatoms. The van der Waals surface area contributed by atoms with Crippen molar-refractivity contribution in [3.05, 3.63) is 29.8 Å². The first-order chi connectivity index (χ1) is 10.1. The van der Waals surface area contributed by atoms with E-state index in [4.69, 9.17) is 9.84 Å². The summed E-state index contributed by atoms with van der Waals surface area (Å²) >= 11 is 0. The van der Waals surface area contributed by atoms with E-state index in [-0.39, 0.29) is 6.54 Å². The van der Waals surface area contributed by atoms with E-state index in [1.807, 2.05) is 24.1 Å². The number of carboxylic acid groups (broad SMARTS) is 1. The molecule has 5 nitrogen and oxygen atoms in total. The quantitative estimate of drug-likeness (QED) is 0.864. The van der Waals surface area contributed by atoms with Crippen molar-refractivity contribution in [2.24, 2.45) is 0 Å². The van der Waals surface area contributed by atoms with Crippen LogP contribution >= 0.6 is 0 Å². The summed E-state index contributed by atoms with van der Waals surface area (Å²) in [7, 11) is 3.57. The van der Waals surface area contributed by atoms with Crippen molar-refractivity contribution in [2.45, 2.75) is 25.4 Å². The van der Waals surface area contributed by atoms with Crippen molar-refractivity contribution < 1.29 is 14.6 Å². The van der Waals surface area contributed by atoms with Gasteiger partial charge in [0.15, 0.2) is 0 Å². The SMILES string of the molecule is COc1ccc(CN2CCC(N(C)CC(=O)O)CC2)cc1. The normalized spacial score (nSPS) is 17.1. The van der Waals surface area contributed by atoms with Gasteiger partial charge in [0.25, 0.3) is 0 Å². The minimum absolute atomic E-state index is 0.128. The molecule has 0 bridgehead atoms. The molecule has 1 fully saturated rings. The Morgan fingerprint density at radius 2 is 1.95 bits per heavy atom. The van der Waals surface area contributed by atoms with E-state index < -0.39 is 5.97 Å². The second-order valence-electron chi connectivity index (χ2n) is 5.66. The molecule has 0 amide bonds. The molecule has 0 spiro atoms. The predicted molar refractivity (Wildman–Crippen MR) is 81.6 cm³/mol. The molecule has 0 radical (unpaired) electrons. The number of rotatable bonds is 6. The lowest BCUT2D eigenvalue weighted by Crippen LogP contribution is -2.44. The third kappa shape index (κ3) is 4.72. The highest BCUT2D eigenvalue weighted by molar-refractivity contribution is 5.69. The van der Waals surface area contributed by atoms with E-state index in [0.717, 1.165) is 38.2 Å². The number of likely N-dealkylation sites (N-methyl/N-ethyl adjacent to an activating group) is 1. The van der Waals surface area contributed by atoms with Crippen molar-refractivity contribution in [1.82, 2.24) is 9.80 Å². The lowest BCUT2D eigenvalue weighted by Gasteiger charge is -2.36. The highest BCUT2D eigenvalue weighted by Crippen LogP contribution is 2.18. The molecule has 1 heterocycles. The fourth-order valence-electron chi connectivity index (χ4n) is 2.85. The molecule has 0 aromatic heterocycles. The minimum atomic E-state index is -0.752. The summed E-state index contributed by atoms with van der Waals surface area (Å²) in [5, 5.41) is 8.84. The summed E-state index contributed by atoms with van der Waals surface area (Å²) in [4.78, 5) is 15.1. The predicted octanol–water partition coefficient (Wildman–Crippen LogP) is 1.68. The van der Waals surface area contributed by atoms with Gasteiger partial charge in [0.2, 0.25) is 0 Å². The van der Waals surface area contributed by atoms with Crippen LogP contribution in [0.25, 0.3) is 0 Å². The van der Waals surface area contributed by atoms with Crippen LogP contribution in [0, 0.1) is 0 Å². The van der Waals surface area contributed by atoms with Gasteiger partial charge >= 0.3 is 5.97 Å². The molecular formula is C16H24N2O3. The first-order valence-corrected chi connectivity index (χ1v) is 7.36. The zero-order valence-corrected chi connectivity index (χ0v) is 12.8. The van der Waals surface area contributed by atoms with Crippen LogP contribution in [0.2, 0.25) is 0 Å². The van der Waals surface area contributed by atoms with Crippen molar-refractivity contribution in [3.63, 3.8) is 0 Å². The van der Waals surface area contributed by atoms with Crippen molar-refractivity contribution in [3.8, 4) is 5.75 Å². The van der Waals surface area contributed by atoms with E-state index in [0.29, 0.717) is 6.04 Å². The van der Waals surface area contributed by atoms with Crippen LogP contribution in [0.4, 0.5) is 0 Å². The molecule has 21 heavy (non-hydrogen) atoms. The van der Waals surface area contributed by atoms with E-state index in [2.05, 4.69) is 17.0 Å². The summed E-state index contributed by atoms with van der Waals surface area (Å²) in [5.41, 5.74) is 1.29. The minimum Gasteiger partial charge on any atom is -0.497 e. The van der Waals surface area contributed by atoms with Crippen LogP contribution in [0.15, 0.2) is 24.3 Å². The maximum Gasteiger partial charge on any atom is 0.317 e.